The summed E-state index contributed by atoms with van der Waals surface area (Å²) in [6, 6.07) is 14.1. The summed E-state index contributed by atoms with van der Waals surface area (Å²) in [7, 11) is 1.30. The first-order valence-electron chi connectivity index (χ1n) is 8.56. The Morgan fingerprint density at radius 2 is 1.54 bits per heavy atom. The molecule has 0 aliphatic heterocycles. The number of hydrogen-bond acceptors (Lipinski definition) is 5. The van der Waals surface area contributed by atoms with Gasteiger partial charge in [-0.15, -0.1) is 0 Å². The molecule has 0 aromatic heterocycles. The summed E-state index contributed by atoms with van der Waals surface area (Å²) < 4.78 is 25.5. The third-order valence-corrected chi connectivity index (χ3v) is 4.33. The van der Waals surface area contributed by atoms with Gasteiger partial charge in [0.15, 0.2) is 6.17 Å². The third kappa shape index (κ3) is 7.73. The quantitative estimate of drug-likeness (QED) is 0.424. The van der Waals surface area contributed by atoms with E-state index in [4.69, 9.17) is 32.7 Å². The molecule has 0 bridgehead atoms. The second kappa shape index (κ2) is 12.0. The first-order valence-corrected chi connectivity index (χ1v) is 9.32. The highest BCUT2D eigenvalue weighted by Gasteiger charge is 2.29. The number of benzene rings is 2. The fourth-order valence-corrected chi connectivity index (χ4v) is 2.62. The van der Waals surface area contributed by atoms with Crippen LogP contribution in [-0.2, 0) is 27.5 Å². The van der Waals surface area contributed by atoms with Crippen LogP contribution in [0.25, 0.3) is 0 Å². The fourth-order valence-electron chi connectivity index (χ4n) is 2.37. The van der Waals surface area contributed by atoms with Crippen molar-refractivity contribution in [3.63, 3.8) is 0 Å². The van der Waals surface area contributed by atoms with E-state index in [9.17, 15) is 9.50 Å². The molecule has 0 saturated carbocycles. The lowest BCUT2D eigenvalue weighted by molar-refractivity contribution is -0.0974. The molecule has 0 radical (unpaired) electrons. The second-order valence-electron chi connectivity index (χ2n) is 5.99. The van der Waals surface area contributed by atoms with E-state index < -0.39 is 18.4 Å². The lowest BCUT2D eigenvalue weighted by Gasteiger charge is -2.24. The standard InChI is InChI=1S/C20H22Cl2FNO4/c1-26-24-10-18(23)20(28-12-15-4-8-17(22)9-5-15)19(25)13-27-11-14-2-6-16(21)7-3-14/h2-10,18-20,25H,11-13H2,1H3/t18-,19+,20-/m0/s1. The van der Waals surface area contributed by atoms with Gasteiger partial charge >= 0.3 is 0 Å². The van der Waals surface area contributed by atoms with E-state index in [1.165, 1.54) is 7.11 Å². The van der Waals surface area contributed by atoms with Gasteiger partial charge in [-0.1, -0.05) is 52.6 Å². The van der Waals surface area contributed by atoms with Crippen molar-refractivity contribution in [3.05, 3.63) is 69.7 Å². The molecule has 0 aliphatic carbocycles. The molecule has 8 heteroatoms. The molecule has 0 unspecified atom stereocenters. The Morgan fingerprint density at radius 3 is 2.07 bits per heavy atom. The summed E-state index contributed by atoms with van der Waals surface area (Å²) in [4.78, 5) is 4.50. The zero-order valence-corrected chi connectivity index (χ0v) is 16.8. The van der Waals surface area contributed by atoms with Gasteiger partial charge in [0.25, 0.3) is 0 Å². The largest absolute Gasteiger partial charge is 0.399 e. The molecule has 0 saturated heterocycles. The molecule has 0 amide bonds. The van der Waals surface area contributed by atoms with Gasteiger partial charge in [-0.25, -0.2) is 4.39 Å². The Hall–Kier alpha value is -1.70. The number of aliphatic hydroxyl groups excluding tert-OH is 1. The summed E-state index contributed by atoms with van der Waals surface area (Å²) >= 11 is 11.7. The number of hydrogen-bond donors (Lipinski definition) is 1. The minimum Gasteiger partial charge on any atom is -0.399 e. The Bertz CT molecular complexity index is 728. The number of nitrogens with zero attached hydrogens (tertiary/aromatic N) is 1. The molecule has 3 atom stereocenters. The lowest BCUT2D eigenvalue weighted by atomic mass is 10.1. The van der Waals surface area contributed by atoms with Gasteiger partial charge in [0.05, 0.1) is 26.0 Å². The first-order chi connectivity index (χ1) is 13.5. The van der Waals surface area contributed by atoms with E-state index in [0.717, 1.165) is 17.3 Å². The Kier molecular flexibility index (Phi) is 9.67. The van der Waals surface area contributed by atoms with E-state index in [2.05, 4.69) is 9.99 Å². The number of oxime groups is 1. The lowest BCUT2D eigenvalue weighted by Crippen LogP contribution is -2.41. The van der Waals surface area contributed by atoms with Gasteiger partial charge in [-0.3, -0.25) is 0 Å². The van der Waals surface area contributed by atoms with Crippen LogP contribution < -0.4 is 0 Å². The van der Waals surface area contributed by atoms with Crippen molar-refractivity contribution < 1.29 is 23.8 Å². The molecule has 152 valence electrons. The van der Waals surface area contributed by atoms with Crippen LogP contribution in [-0.4, -0.2) is 43.4 Å². The molecule has 2 rings (SSSR count). The van der Waals surface area contributed by atoms with E-state index in [1.807, 2.05) is 12.1 Å². The van der Waals surface area contributed by atoms with E-state index in [1.54, 1.807) is 36.4 Å². The molecule has 0 aliphatic rings. The number of rotatable bonds is 11. The third-order valence-electron chi connectivity index (χ3n) is 3.83. The van der Waals surface area contributed by atoms with Crippen LogP contribution in [0.5, 0.6) is 0 Å². The van der Waals surface area contributed by atoms with Crippen LogP contribution in [0.4, 0.5) is 4.39 Å². The highest BCUT2D eigenvalue weighted by molar-refractivity contribution is 6.30. The predicted molar refractivity (Wildman–Crippen MR) is 108 cm³/mol. The molecule has 0 spiro atoms. The molecule has 0 heterocycles. The van der Waals surface area contributed by atoms with Crippen LogP contribution in [0.3, 0.4) is 0 Å². The van der Waals surface area contributed by atoms with Gasteiger partial charge in [0, 0.05) is 10.0 Å². The molecular formula is C20H22Cl2FNO4. The van der Waals surface area contributed by atoms with Gasteiger partial charge in [0.1, 0.15) is 19.3 Å². The van der Waals surface area contributed by atoms with Crippen molar-refractivity contribution in [1.82, 2.24) is 0 Å². The van der Waals surface area contributed by atoms with Crippen LogP contribution in [0.15, 0.2) is 53.7 Å². The maximum Gasteiger partial charge on any atom is 0.167 e. The highest BCUT2D eigenvalue weighted by Crippen LogP contribution is 2.16. The number of ether oxygens (including phenoxy) is 2. The van der Waals surface area contributed by atoms with E-state index in [-0.39, 0.29) is 19.8 Å². The molecule has 28 heavy (non-hydrogen) atoms. The average Bonchev–Trinajstić information content (AvgIpc) is 2.69. The van der Waals surface area contributed by atoms with Gasteiger partial charge < -0.3 is 19.4 Å². The van der Waals surface area contributed by atoms with E-state index in [0.29, 0.717) is 10.0 Å². The maximum atomic E-state index is 14.5. The zero-order chi connectivity index (χ0) is 20.4. The highest BCUT2D eigenvalue weighted by atomic mass is 35.5. The summed E-state index contributed by atoms with van der Waals surface area (Å²) in [6.07, 6.45) is -3.13. The SMILES string of the molecule is CON=C[C@H](F)[C@H](OCc1ccc(Cl)cc1)[C@H](O)COCc1ccc(Cl)cc1. The van der Waals surface area contributed by atoms with Crippen molar-refractivity contribution in [2.75, 3.05) is 13.7 Å². The number of alkyl halides is 1. The zero-order valence-electron chi connectivity index (χ0n) is 15.3. The number of halogens is 3. The topological polar surface area (TPSA) is 60.3 Å². The van der Waals surface area contributed by atoms with Crippen LogP contribution in [0.2, 0.25) is 10.0 Å². The van der Waals surface area contributed by atoms with Crippen molar-refractivity contribution in [2.45, 2.75) is 31.6 Å². The minimum atomic E-state index is -1.68. The monoisotopic (exact) mass is 429 g/mol. The van der Waals surface area contributed by atoms with Crippen molar-refractivity contribution >= 4 is 29.4 Å². The van der Waals surface area contributed by atoms with Crippen molar-refractivity contribution in [2.24, 2.45) is 5.16 Å². The van der Waals surface area contributed by atoms with Crippen molar-refractivity contribution in [1.29, 1.82) is 0 Å². The fraction of sp³-hybridized carbons (Fsp3) is 0.350. The number of aliphatic hydroxyl groups is 1. The molecular weight excluding hydrogens is 408 g/mol. The molecule has 0 fully saturated rings. The van der Waals surface area contributed by atoms with Gasteiger partial charge in [0.2, 0.25) is 0 Å². The smallest absolute Gasteiger partial charge is 0.167 e. The molecule has 5 nitrogen and oxygen atoms in total. The van der Waals surface area contributed by atoms with Crippen LogP contribution in [0, 0.1) is 0 Å². The van der Waals surface area contributed by atoms with Crippen molar-refractivity contribution in [3.8, 4) is 0 Å². The minimum absolute atomic E-state index is 0.0946. The summed E-state index contributed by atoms with van der Waals surface area (Å²) in [5, 5.41) is 15.0. The maximum absolute atomic E-state index is 14.5. The van der Waals surface area contributed by atoms with E-state index >= 15 is 0 Å². The van der Waals surface area contributed by atoms with Crippen LogP contribution in [0.1, 0.15) is 11.1 Å². The molecule has 2 aromatic carbocycles. The summed E-state index contributed by atoms with van der Waals surface area (Å²) in [5.41, 5.74) is 1.67. The predicted octanol–water partition coefficient (Wildman–Crippen LogP) is 4.43. The first kappa shape index (κ1) is 22.6. The second-order valence-corrected chi connectivity index (χ2v) is 6.87. The van der Waals surface area contributed by atoms with Gasteiger partial charge in [-0.2, -0.15) is 0 Å². The van der Waals surface area contributed by atoms with Gasteiger partial charge in [-0.05, 0) is 35.4 Å². The summed E-state index contributed by atoms with van der Waals surface area (Å²) in [5.74, 6) is 0. The normalized spacial score (nSPS) is 14.8. The Morgan fingerprint density at radius 1 is 1.00 bits per heavy atom. The molecule has 1 N–H and O–H groups in total. The molecule has 2 aromatic rings. The summed E-state index contributed by atoms with van der Waals surface area (Å²) in [6.45, 7) is 0.230. The van der Waals surface area contributed by atoms with Crippen LogP contribution >= 0.6 is 23.2 Å². The Balaban J connectivity index is 1.93. The Labute approximate surface area is 173 Å². The average molecular weight is 430 g/mol.